The third kappa shape index (κ3) is 4.46. The van der Waals surface area contributed by atoms with E-state index in [1.165, 1.54) is 38.4 Å². The van der Waals surface area contributed by atoms with Gasteiger partial charge in [0.1, 0.15) is 12.7 Å². The number of sulfonamides is 1. The zero-order chi connectivity index (χ0) is 22.0. The van der Waals surface area contributed by atoms with Crippen molar-refractivity contribution < 1.29 is 27.6 Å². The summed E-state index contributed by atoms with van der Waals surface area (Å²) in [6, 6.07) is 4.56. The fourth-order valence-corrected chi connectivity index (χ4v) is 4.85. The first-order chi connectivity index (χ1) is 14.8. The molecule has 31 heavy (non-hydrogen) atoms. The molecule has 4 rings (SSSR count). The van der Waals surface area contributed by atoms with Crippen LogP contribution in [0.25, 0.3) is 0 Å². The van der Waals surface area contributed by atoms with Crippen LogP contribution in [-0.2, 0) is 21.4 Å². The second kappa shape index (κ2) is 8.51. The van der Waals surface area contributed by atoms with Gasteiger partial charge in [0.25, 0.3) is 0 Å². The number of hydrogen-bond acceptors (Lipinski definition) is 8. The highest BCUT2D eigenvalue weighted by Gasteiger charge is 2.31. The molecule has 2 aliphatic heterocycles. The normalized spacial score (nSPS) is 17.2. The minimum Gasteiger partial charge on any atom is -0.490 e. The van der Waals surface area contributed by atoms with Gasteiger partial charge in [-0.3, -0.25) is 4.79 Å². The molecule has 0 bridgehead atoms. The lowest BCUT2D eigenvalue weighted by atomic mass is 10.3. The molecule has 1 fully saturated rings. The van der Waals surface area contributed by atoms with E-state index in [4.69, 9.17) is 9.47 Å². The van der Waals surface area contributed by atoms with E-state index in [-0.39, 0.29) is 49.3 Å². The summed E-state index contributed by atoms with van der Waals surface area (Å²) in [6.07, 6.45) is 3.13. The van der Waals surface area contributed by atoms with Gasteiger partial charge in [0, 0.05) is 38.7 Å². The highest BCUT2D eigenvalue weighted by Crippen LogP contribution is 2.33. The van der Waals surface area contributed by atoms with E-state index in [0.29, 0.717) is 24.7 Å². The number of carbonyl (C=O) groups is 1. The molecule has 2 aliphatic rings. The Bertz CT molecular complexity index is 1090. The van der Waals surface area contributed by atoms with Gasteiger partial charge in [0.05, 0.1) is 18.1 Å². The Balaban J connectivity index is 1.39. The van der Waals surface area contributed by atoms with Gasteiger partial charge in [-0.05, 0) is 22.0 Å². The molecule has 2 aromatic rings. The van der Waals surface area contributed by atoms with Gasteiger partial charge in [-0.15, -0.1) is 0 Å². The number of ether oxygens (including phenoxy) is 2. The van der Waals surface area contributed by atoms with E-state index >= 15 is 0 Å². The summed E-state index contributed by atoms with van der Waals surface area (Å²) in [7, 11) is -3.75. The van der Waals surface area contributed by atoms with Gasteiger partial charge in [-0.25, -0.2) is 8.42 Å². The third-order valence-electron chi connectivity index (χ3n) is 5.07. The van der Waals surface area contributed by atoms with E-state index in [1.54, 1.807) is 6.07 Å². The summed E-state index contributed by atoms with van der Waals surface area (Å²) in [4.78, 5) is 27.8. The molecule has 13 heteroatoms. The summed E-state index contributed by atoms with van der Waals surface area (Å²) in [5.41, 5.74) is 0. The van der Waals surface area contributed by atoms with E-state index < -0.39 is 14.9 Å². The highest BCUT2D eigenvalue weighted by atomic mass is 32.2. The number of imidazole rings is 1. The van der Waals surface area contributed by atoms with Crippen molar-refractivity contribution >= 4 is 21.7 Å². The first kappa shape index (κ1) is 21.1. The topological polar surface area (TPSA) is 137 Å². The van der Waals surface area contributed by atoms with Crippen molar-refractivity contribution in [3.63, 3.8) is 0 Å². The Kier molecular flexibility index (Phi) is 5.78. The Morgan fingerprint density at radius 1 is 1.13 bits per heavy atom. The molecular weight excluding hydrogens is 430 g/mol. The van der Waals surface area contributed by atoms with Crippen molar-refractivity contribution in [1.29, 1.82) is 0 Å². The smallest absolute Gasteiger partial charge is 0.381 e. The summed E-state index contributed by atoms with van der Waals surface area (Å²) in [5.74, 6) is 0.326. The van der Waals surface area contributed by atoms with Crippen LogP contribution in [-0.4, -0.2) is 77.4 Å². The summed E-state index contributed by atoms with van der Waals surface area (Å²) < 4.78 is 39.9. The lowest BCUT2D eigenvalue weighted by Crippen LogP contribution is -2.51. The van der Waals surface area contributed by atoms with Gasteiger partial charge in [-0.2, -0.15) is 4.31 Å². The van der Waals surface area contributed by atoms with Crippen LogP contribution in [0.1, 0.15) is 6.42 Å². The minimum absolute atomic E-state index is 0.101. The average molecular weight is 451 g/mol. The van der Waals surface area contributed by atoms with Crippen LogP contribution < -0.4 is 9.47 Å². The fourth-order valence-electron chi connectivity index (χ4n) is 3.42. The molecule has 0 radical (unpaired) electrons. The molecule has 0 aliphatic carbocycles. The van der Waals surface area contributed by atoms with Crippen LogP contribution in [0.2, 0.25) is 0 Å². The number of nitrogens with zero attached hydrogens (tertiary/aromatic N) is 5. The number of hydrogen-bond donors (Lipinski definition) is 0. The molecule has 166 valence electrons. The molecule has 1 amide bonds. The van der Waals surface area contributed by atoms with Crippen molar-refractivity contribution in [3.05, 3.63) is 40.8 Å². The molecule has 12 nitrogen and oxygen atoms in total. The molecule has 0 unspecified atom stereocenters. The number of rotatable bonds is 5. The van der Waals surface area contributed by atoms with Crippen LogP contribution in [0.5, 0.6) is 11.5 Å². The molecule has 0 saturated carbocycles. The Labute approximate surface area is 178 Å². The standard InChI is InChI=1S/C18H21N5O7S/c24-18(12-20-11-17(19-13-20)23(25)26)21-4-6-22(7-5-21)31(27,28)14-2-3-15-16(10-14)30-9-1-8-29-15/h2-3,10-11,13H,1,4-9,12H2. The first-order valence-corrected chi connectivity index (χ1v) is 11.1. The average Bonchev–Trinajstić information content (AvgIpc) is 3.10. The highest BCUT2D eigenvalue weighted by molar-refractivity contribution is 7.89. The number of aromatic nitrogens is 2. The molecule has 1 saturated heterocycles. The Morgan fingerprint density at radius 2 is 1.84 bits per heavy atom. The minimum atomic E-state index is -3.75. The number of amides is 1. The maximum absolute atomic E-state index is 13.0. The molecule has 0 atom stereocenters. The first-order valence-electron chi connectivity index (χ1n) is 9.68. The van der Waals surface area contributed by atoms with E-state index in [9.17, 15) is 23.3 Å². The predicted molar refractivity (Wildman–Crippen MR) is 106 cm³/mol. The number of fused-ring (bicyclic) bond motifs is 1. The lowest BCUT2D eigenvalue weighted by molar-refractivity contribution is -0.389. The maximum atomic E-state index is 13.0. The number of nitro groups is 1. The Morgan fingerprint density at radius 3 is 2.52 bits per heavy atom. The SMILES string of the molecule is O=C(Cn1cnc([N+](=O)[O-])c1)N1CCN(S(=O)(=O)c2ccc3c(c2)OCCCO3)CC1. The zero-order valence-electron chi connectivity index (χ0n) is 16.5. The molecule has 1 aromatic heterocycles. The molecule has 3 heterocycles. The largest absolute Gasteiger partial charge is 0.490 e. The summed E-state index contributed by atoms with van der Waals surface area (Å²) in [6.45, 7) is 1.60. The number of benzene rings is 1. The van der Waals surface area contributed by atoms with E-state index in [2.05, 4.69) is 4.98 Å². The van der Waals surface area contributed by atoms with Gasteiger partial charge < -0.3 is 29.1 Å². The second-order valence-electron chi connectivity index (χ2n) is 7.11. The summed E-state index contributed by atoms with van der Waals surface area (Å²) in [5, 5.41) is 10.7. The van der Waals surface area contributed by atoms with Gasteiger partial charge in [0.15, 0.2) is 11.5 Å². The van der Waals surface area contributed by atoms with Crippen molar-refractivity contribution in [2.45, 2.75) is 17.9 Å². The lowest BCUT2D eigenvalue weighted by Gasteiger charge is -2.34. The van der Waals surface area contributed by atoms with Crippen molar-refractivity contribution in [3.8, 4) is 11.5 Å². The van der Waals surface area contributed by atoms with Crippen molar-refractivity contribution in [1.82, 2.24) is 18.8 Å². The van der Waals surface area contributed by atoms with Crippen molar-refractivity contribution in [2.24, 2.45) is 0 Å². The second-order valence-corrected chi connectivity index (χ2v) is 9.04. The van der Waals surface area contributed by atoms with Crippen LogP contribution in [0, 0.1) is 10.1 Å². The number of carbonyl (C=O) groups excluding carboxylic acids is 1. The van der Waals surface area contributed by atoms with Crippen LogP contribution >= 0.6 is 0 Å². The molecule has 0 spiro atoms. The fraction of sp³-hybridized carbons (Fsp3) is 0.444. The number of piperazine rings is 1. The van der Waals surface area contributed by atoms with Crippen LogP contribution in [0.15, 0.2) is 35.6 Å². The van der Waals surface area contributed by atoms with Crippen LogP contribution in [0.3, 0.4) is 0 Å². The Hall–Kier alpha value is -3.19. The molecular formula is C18H21N5O7S. The van der Waals surface area contributed by atoms with Gasteiger partial charge >= 0.3 is 5.82 Å². The molecule has 1 aromatic carbocycles. The van der Waals surface area contributed by atoms with E-state index in [1.807, 2.05) is 0 Å². The van der Waals surface area contributed by atoms with Gasteiger partial charge in [-0.1, -0.05) is 0 Å². The predicted octanol–water partition coefficient (Wildman–Crippen LogP) is 0.486. The zero-order valence-corrected chi connectivity index (χ0v) is 17.4. The van der Waals surface area contributed by atoms with Crippen molar-refractivity contribution in [2.75, 3.05) is 39.4 Å². The monoisotopic (exact) mass is 451 g/mol. The van der Waals surface area contributed by atoms with Gasteiger partial charge in [0.2, 0.25) is 22.3 Å². The van der Waals surface area contributed by atoms with Crippen LogP contribution in [0.4, 0.5) is 5.82 Å². The maximum Gasteiger partial charge on any atom is 0.381 e. The third-order valence-corrected chi connectivity index (χ3v) is 6.97. The molecule has 0 N–H and O–H groups in total. The summed E-state index contributed by atoms with van der Waals surface area (Å²) >= 11 is 0. The quantitative estimate of drug-likeness (QED) is 0.473. The van der Waals surface area contributed by atoms with E-state index in [0.717, 1.165) is 6.42 Å².